The standard InChI is InChI=1S/C13H14N2S/c14-13-12(9-5-7-15-8-6-9)10-3-1-2-4-11(10)16-13/h1-8,10-13H,14H2. The van der Waals surface area contributed by atoms with Crippen LogP contribution in [0.1, 0.15) is 11.5 Å². The fourth-order valence-electron chi connectivity index (χ4n) is 2.55. The van der Waals surface area contributed by atoms with Gasteiger partial charge in [0.2, 0.25) is 0 Å². The average molecular weight is 230 g/mol. The molecule has 4 atom stereocenters. The van der Waals surface area contributed by atoms with Crippen molar-refractivity contribution in [2.45, 2.75) is 16.5 Å². The van der Waals surface area contributed by atoms with Crippen molar-refractivity contribution in [1.82, 2.24) is 4.98 Å². The highest BCUT2D eigenvalue weighted by Crippen LogP contribution is 2.48. The van der Waals surface area contributed by atoms with Crippen molar-refractivity contribution in [3.63, 3.8) is 0 Å². The third-order valence-corrected chi connectivity index (χ3v) is 4.69. The predicted octanol–water partition coefficient (Wildman–Crippen LogP) is 2.31. The molecule has 1 saturated heterocycles. The Balaban J connectivity index is 1.95. The van der Waals surface area contributed by atoms with E-state index in [2.05, 4.69) is 41.4 Å². The SMILES string of the molecule is NC1SC2C=CC=CC2C1c1ccncc1. The summed E-state index contributed by atoms with van der Waals surface area (Å²) in [5, 5.41) is 0.725. The van der Waals surface area contributed by atoms with Gasteiger partial charge in [-0.2, -0.15) is 0 Å². The van der Waals surface area contributed by atoms with Crippen LogP contribution in [0.4, 0.5) is 0 Å². The highest BCUT2D eigenvalue weighted by Gasteiger charge is 2.40. The van der Waals surface area contributed by atoms with E-state index in [0.717, 1.165) is 0 Å². The molecule has 1 aliphatic carbocycles. The molecule has 0 spiro atoms. The van der Waals surface area contributed by atoms with Gasteiger partial charge < -0.3 is 5.73 Å². The van der Waals surface area contributed by atoms with Crippen molar-refractivity contribution in [3.05, 3.63) is 54.4 Å². The van der Waals surface area contributed by atoms with E-state index < -0.39 is 0 Å². The number of thioether (sulfide) groups is 1. The van der Waals surface area contributed by atoms with Crippen LogP contribution in [0.2, 0.25) is 0 Å². The lowest BCUT2D eigenvalue weighted by molar-refractivity contribution is 0.537. The first-order valence-corrected chi connectivity index (χ1v) is 6.46. The summed E-state index contributed by atoms with van der Waals surface area (Å²) < 4.78 is 0. The Morgan fingerprint density at radius 2 is 1.88 bits per heavy atom. The van der Waals surface area contributed by atoms with Gasteiger partial charge in [0.15, 0.2) is 0 Å². The summed E-state index contributed by atoms with van der Waals surface area (Å²) in [5.41, 5.74) is 7.55. The summed E-state index contributed by atoms with van der Waals surface area (Å²) in [4.78, 5) is 4.07. The van der Waals surface area contributed by atoms with Gasteiger partial charge in [0.05, 0.1) is 5.37 Å². The second-order valence-electron chi connectivity index (χ2n) is 4.22. The smallest absolute Gasteiger partial charge is 0.0589 e. The third-order valence-electron chi connectivity index (χ3n) is 3.30. The molecule has 1 aromatic heterocycles. The predicted molar refractivity (Wildman–Crippen MR) is 68.1 cm³/mol. The van der Waals surface area contributed by atoms with E-state index in [9.17, 15) is 0 Å². The maximum Gasteiger partial charge on any atom is 0.0589 e. The summed E-state index contributed by atoms with van der Waals surface area (Å²) >= 11 is 1.87. The molecule has 1 fully saturated rings. The lowest BCUT2D eigenvalue weighted by Crippen LogP contribution is -2.24. The molecule has 0 aromatic carbocycles. The number of allylic oxidation sites excluding steroid dienone is 3. The molecule has 0 saturated carbocycles. The second-order valence-corrected chi connectivity index (χ2v) is 5.58. The number of nitrogens with two attached hydrogens (primary N) is 1. The van der Waals surface area contributed by atoms with Crippen LogP contribution in [0.15, 0.2) is 48.8 Å². The number of hydrogen-bond acceptors (Lipinski definition) is 3. The zero-order valence-corrected chi connectivity index (χ0v) is 9.68. The quantitative estimate of drug-likeness (QED) is 0.804. The van der Waals surface area contributed by atoms with Gasteiger partial charge in [0, 0.05) is 29.5 Å². The number of hydrogen-bond donors (Lipinski definition) is 1. The number of fused-ring (bicyclic) bond motifs is 1. The molecule has 1 aliphatic heterocycles. The van der Waals surface area contributed by atoms with E-state index in [1.165, 1.54) is 5.56 Å². The first-order chi connectivity index (χ1) is 7.86. The largest absolute Gasteiger partial charge is 0.319 e. The maximum atomic E-state index is 6.25. The Morgan fingerprint density at radius 3 is 2.69 bits per heavy atom. The lowest BCUT2D eigenvalue weighted by Gasteiger charge is -2.22. The van der Waals surface area contributed by atoms with Crippen molar-refractivity contribution in [1.29, 1.82) is 0 Å². The number of nitrogens with zero attached hydrogens (tertiary/aromatic N) is 1. The summed E-state index contributed by atoms with van der Waals surface area (Å²) in [6.07, 6.45) is 12.5. The number of aromatic nitrogens is 1. The molecule has 2 heterocycles. The van der Waals surface area contributed by atoms with Gasteiger partial charge in [-0.25, -0.2) is 0 Å². The summed E-state index contributed by atoms with van der Waals surface area (Å²) in [5.74, 6) is 0.951. The fourth-order valence-corrected chi connectivity index (χ4v) is 4.04. The van der Waals surface area contributed by atoms with E-state index in [1.54, 1.807) is 0 Å². The van der Waals surface area contributed by atoms with Crippen molar-refractivity contribution in [3.8, 4) is 0 Å². The van der Waals surface area contributed by atoms with E-state index in [-0.39, 0.29) is 5.37 Å². The van der Waals surface area contributed by atoms with Gasteiger partial charge >= 0.3 is 0 Å². The molecule has 2 nitrogen and oxygen atoms in total. The van der Waals surface area contributed by atoms with Crippen LogP contribution in [-0.4, -0.2) is 15.6 Å². The van der Waals surface area contributed by atoms with Gasteiger partial charge in [0.25, 0.3) is 0 Å². The molecule has 0 bridgehead atoms. The Hall–Kier alpha value is -1.06. The second kappa shape index (κ2) is 4.07. The van der Waals surface area contributed by atoms with Gasteiger partial charge in [-0.3, -0.25) is 4.98 Å². The van der Waals surface area contributed by atoms with Crippen LogP contribution in [0.5, 0.6) is 0 Å². The van der Waals surface area contributed by atoms with Crippen molar-refractivity contribution in [2.24, 2.45) is 11.7 Å². The molecular formula is C13H14N2S. The molecular weight excluding hydrogens is 216 g/mol. The zero-order chi connectivity index (χ0) is 11.0. The van der Waals surface area contributed by atoms with Crippen LogP contribution < -0.4 is 5.73 Å². The van der Waals surface area contributed by atoms with Crippen LogP contribution in [0.3, 0.4) is 0 Å². The Kier molecular flexibility index (Phi) is 2.58. The van der Waals surface area contributed by atoms with Gasteiger partial charge in [-0.15, -0.1) is 11.8 Å². The molecule has 2 N–H and O–H groups in total. The molecule has 0 radical (unpaired) electrons. The van der Waals surface area contributed by atoms with E-state index in [4.69, 9.17) is 5.73 Å². The van der Waals surface area contributed by atoms with Crippen molar-refractivity contribution < 1.29 is 0 Å². The van der Waals surface area contributed by atoms with Gasteiger partial charge in [-0.05, 0) is 17.7 Å². The molecule has 16 heavy (non-hydrogen) atoms. The monoisotopic (exact) mass is 230 g/mol. The molecule has 3 heteroatoms. The number of pyridine rings is 1. The summed E-state index contributed by atoms with van der Waals surface area (Å²) in [7, 11) is 0. The highest BCUT2D eigenvalue weighted by atomic mass is 32.2. The highest BCUT2D eigenvalue weighted by molar-refractivity contribution is 8.01. The van der Waals surface area contributed by atoms with Crippen LogP contribution >= 0.6 is 11.8 Å². The third kappa shape index (κ3) is 1.60. The lowest BCUT2D eigenvalue weighted by atomic mass is 9.82. The van der Waals surface area contributed by atoms with E-state index >= 15 is 0 Å². The Labute approximate surface area is 99.6 Å². The van der Waals surface area contributed by atoms with Crippen LogP contribution in [0, 0.1) is 5.92 Å². The normalized spacial score (nSPS) is 36.3. The minimum absolute atomic E-state index is 0.185. The summed E-state index contributed by atoms with van der Waals surface area (Å²) in [6.45, 7) is 0. The minimum Gasteiger partial charge on any atom is -0.319 e. The fraction of sp³-hybridized carbons (Fsp3) is 0.308. The van der Waals surface area contributed by atoms with Crippen LogP contribution in [0.25, 0.3) is 0 Å². The van der Waals surface area contributed by atoms with Crippen LogP contribution in [-0.2, 0) is 0 Å². The molecule has 82 valence electrons. The maximum absolute atomic E-state index is 6.25. The summed E-state index contributed by atoms with van der Waals surface area (Å²) in [6, 6.07) is 4.17. The first-order valence-electron chi connectivity index (χ1n) is 5.52. The minimum atomic E-state index is 0.185. The molecule has 3 rings (SSSR count). The Bertz CT molecular complexity index is 427. The zero-order valence-electron chi connectivity index (χ0n) is 8.86. The average Bonchev–Trinajstić information content (AvgIpc) is 2.66. The van der Waals surface area contributed by atoms with Gasteiger partial charge in [0.1, 0.15) is 0 Å². The van der Waals surface area contributed by atoms with E-state index in [0.29, 0.717) is 17.1 Å². The van der Waals surface area contributed by atoms with E-state index in [1.807, 2.05) is 24.2 Å². The van der Waals surface area contributed by atoms with Crippen molar-refractivity contribution in [2.75, 3.05) is 0 Å². The molecule has 2 aliphatic rings. The Morgan fingerprint density at radius 1 is 1.12 bits per heavy atom. The molecule has 0 amide bonds. The molecule has 4 unspecified atom stereocenters. The number of rotatable bonds is 1. The van der Waals surface area contributed by atoms with Crippen molar-refractivity contribution >= 4 is 11.8 Å². The topological polar surface area (TPSA) is 38.9 Å². The van der Waals surface area contributed by atoms with Gasteiger partial charge in [-0.1, -0.05) is 24.3 Å². The first kappa shape index (κ1) is 10.1. The molecule has 1 aromatic rings.